The van der Waals surface area contributed by atoms with Crippen LogP contribution in [0.25, 0.3) is 6.08 Å². The number of benzene rings is 2. The van der Waals surface area contributed by atoms with Crippen molar-refractivity contribution in [2.45, 2.75) is 0 Å². The summed E-state index contributed by atoms with van der Waals surface area (Å²) in [6, 6.07) is 11.0. The quantitative estimate of drug-likeness (QED) is 0.315. The average Bonchev–Trinajstić information content (AvgIpc) is 2.58. The van der Waals surface area contributed by atoms with Gasteiger partial charge in [-0.3, -0.25) is 14.9 Å². The third kappa shape index (κ3) is 5.98. The zero-order chi connectivity index (χ0) is 19.1. The van der Waals surface area contributed by atoms with Gasteiger partial charge in [0.15, 0.2) is 6.61 Å². The lowest BCUT2D eigenvalue weighted by atomic mass is 10.2. The molecule has 0 spiro atoms. The molecule has 0 saturated carbocycles. The van der Waals surface area contributed by atoms with Crippen molar-refractivity contribution >= 4 is 56.9 Å². The Hall–Kier alpha value is -2.71. The van der Waals surface area contributed by atoms with Crippen LogP contribution >= 0.6 is 27.5 Å². The molecule has 1 N–H and O–H groups in total. The van der Waals surface area contributed by atoms with E-state index in [1.165, 1.54) is 30.4 Å². The molecule has 2 aromatic rings. The van der Waals surface area contributed by atoms with E-state index < -0.39 is 23.4 Å². The van der Waals surface area contributed by atoms with Gasteiger partial charge in [-0.1, -0.05) is 39.7 Å². The minimum Gasteiger partial charge on any atom is -0.452 e. The molecule has 1 amide bonds. The van der Waals surface area contributed by atoms with Crippen LogP contribution in [0.15, 0.2) is 53.0 Å². The molecule has 9 heteroatoms. The second-order valence-corrected chi connectivity index (χ2v) is 6.31. The van der Waals surface area contributed by atoms with Gasteiger partial charge in [0.25, 0.3) is 11.6 Å². The van der Waals surface area contributed by atoms with Crippen LogP contribution in [0.2, 0.25) is 5.02 Å². The molecule has 0 aliphatic heterocycles. The molecule has 0 fully saturated rings. The number of esters is 1. The first-order valence-electron chi connectivity index (χ1n) is 7.19. The summed E-state index contributed by atoms with van der Waals surface area (Å²) in [4.78, 5) is 33.8. The third-order valence-corrected chi connectivity index (χ3v) is 3.76. The number of amides is 1. The highest BCUT2D eigenvalue weighted by Gasteiger charge is 2.16. The van der Waals surface area contributed by atoms with Gasteiger partial charge in [0.05, 0.1) is 4.92 Å². The Labute approximate surface area is 161 Å². The van der Waals surface area contributed by atoms with Crippen molar-refractivity contribution in [2.24, 2.45) is 0 Å². The number of carbonyl (C=O) groups excluding carboxylic acids is 2. The van der Waals surface area contributed by atoms with Crippen molar-refractivity contribution in [1.29, 1.82) is 0 Å². The lowest BCUT2D eigenvalue weighted by molar-refractivity contribution is -0.383. The predicted octanol–water partition coefficient (Wildman–Crippen LogP) is 4.21. The number of carbonyl (C=O) groups is 2. The van der Waals surface area contributed by atoms with Gasteiger partial charge in [0, 0.05) is 21.6 Å². The number of hydrogen-bond donors (Lipinski definition) is 1. The van der Waals surface area contributed by atoms with E-state index in [0.29, 0.717) is 0 Å². The fourth-order valence-corrected chi connectivity index (χ4v) is 2.50. The predicted molar refractivity (Wildman–Crippen MR) is 101 cm³/mol. The molecule has 7 nitrogen and oxygen atoms in total. The molecule has 0 saturated heterocycles. The van der Waals surface area contributed by atoms with Gasteiger partial charge < -0.3 is 10.1 Å². The van der Waals surface area contributed by atoms with Gasteiger partial charge in [0.2, 0.25) is 0 Å². The lowest BCUT2D eigenvalue weighted by Crippen LogP contribution is -2.20. The smallest absolute Gasteiger partial charge is 0.331 e. The van der Waals surface area contributed by atoms with Crippen LogP contribution in [0, 0.1) is 10.1 Å². The Bertz CT molecular complexity index is 885. The molecule has 0 heterocycles. The molecule has 0 unspecified atom stereocenters. The topological polar surface area (TPSA) is 98.5 Å². The summed E-state index contributed by atoms with van der Waals surface area (Å²) in [6.07, 6.45) is 2.71. The number of rotatable bonds is 6. The molecule has 0 bridgehead atoms. The Morgan fingerprint density at radius 2 is 2.04 bits per heavy atom. The van der Waals surface area contributed by atoms with Crippen molar-refractivity contribution in [3.05, 3.63) is 73.7 Å². The van der Waals surface area contributed by atoms with Crippen LogP contribution in [0.4, 0.5) is 11.4 Å². The Morgan fingerprint density at radius 1 is 1.27 bits per heavy atom. The molecule has 0 atom stereocenters. The average molecular weight is 440 g/mol. The summed E-state index contributed by atoms with van der Waals surface area (Å²) in [5.41, 5.74) is 0.382. The van der Waals surface area contributed by atoms with E-state index in [-0.39, 0.29) is 16.4 Å². The first kappa shape index (κ1) is 19.6. The van der Waals surface area contributed by atoms with Crippen molar-refractivity contribution in [2.75, 3.05) is 11.9 Å². The number of nitrogens with one attached hydrogen (secondary N) is 1. The summed E-state index contributed by atoms with van der Waals surface area (Å²) in [5.74, 6) is -1.44. The van der Waals surface area contributed by atoms with Gasteiger partial charge in [-0.05, 0) is 35.9 Å². The molecular formula is C17H12BrClN2O5. The molecule has 0 aromatic heterocycles. The highest BCUT2D eigenvalue weighted by Crippen LogP contribution is 2.27. The Morgan fingerprint density at radius 3 is 2.73 bits per heavy atom. The maximum atomic E-state index is 11.8. The molecule has 2 aromatic carbocycles. The van der Waals surface area contributed by atoms with E-state index in [1.807, 2.05) is 6.07 Å². The maximum absolute atomic E-state index is 11.8. The van der Waals surface area contributed by atoms with Crippen molar-refractivity contribution in [3.8, 4) is 0 Å². The van der Waals surface area contributed by atoms with Crippen LogP contribution in [-0.4, -0.2) is 23.4 Å². The van der Waals surface area contributed by atoms with E-state index in [2.05, 4.69) is 21.2 Å². The van der Waals surface area contributed by atoms with Crippen molar-refractivity contribution < 1.29 is 19.2 Å². The Kier molecular flexibility index (Phi) is 6.88. The number of hydrogen-bond acceptors (Lipinski definition) is 5. The summed E-state index contributed by atoms with van der Waals surface area (Å²) in [7, 11) is 0. The van der Waals surface area contributed by atoms with E-state index >= 15 is 0 Å². The molecule has 134 valence electrons. The normalized spacial score (nSPS) is 10.5. The first-order chi connectivity index (χ1) is 12.3. The fraction of sp³-hybridized carbons (Fsp3) is 0.0588. The molecule has 26 heavy (non-hydrogen) atoms. The van der Waals surface area contributed by atoms with E-state index in [0.717, 1.165) is 10.0 Å². The van der Waals surface area contributed by atoms with Crippen molar-refractivity contribution in [1.82, 2.24) is 0 Å². The minimum atomic E-state index is -0.723. The second kappa shape index (κ2) is 9.12. The highest BCUT2D eigenvalue weighted by atomic mass is 79.9. The number of nitro groups is 1. The van der Waals surface area contributed by atoms with Crippen LogP contribution in [-0.2, 0) is 14.3 Å². The SMILES string of the molecule is O=C(COC(=O)/C=C/c1cccc(Br)c1)Nc1cc(Cl)ccc1[N+](=O)[O-]. The lowest BCUT2D eigenvalue weighted by Gasteiger charge is -2.06. The molecule has 0 aliphatic rings. The number of halogens is 2. The summed E-state index contributed by atoms with van der Waals surface area (Å²) >= 11 is 9.08. The van der Waals surface area contributed by atoms with Crippen LogP contribution in [0.5, 0.6) is 0 Å². The zero-order valence-corrected chi connectivity index (χ0v) is 15.5. The van der Waals surface area contributed by atoms with Gasteiger partial charge in [-0.15, -0.1) is 0 Å². The number of nitro benzene ring substituents is 1. The van der Waals surface area contributed by atoms with Crippen LogP contribution in [0.1, 0.15) is 5.56 Å². The molecular weight excluding hydrogens is 428 g/mol. The second-order valence-electron chi connectivity index (χ2n) is 4.96. The highest BCUT2D eigenvalue weighted by molar-refractivity contribution is 9.10. The molecule has 2 rings (SSSR count). The van der Waals surface area contributed by atoms with Gasteiger partial charge in [0.1, 0.15) is 5.69 Å². The standard InChI is InChI=1S/C17H12BrClN2O5/c18-12-3-1-2-11(8-12)4-7-17(23)26-10-16(22)20-14-9-13(19)5-6-15(14)21(24)25/h1-9H,10H2,(H,20,22)/b7-4+. The zero-order valence-electron chi connectivity index (χ0n) is 13.1. The van der Waals surface area contributed by atoms with Gasteiger partial charge >= 0.3 is 5.97 Å². The largest absolute Gasteiger partial charge is 0.452 e. The van der Waals surface area contributed by atoms with E-state index in [4.69, 9.17) is 16.3 Å². The summed E-state index contributed by atoms with van der Waals surface area (Å²) in [6.45, 7) is -0.592. The van der Waals surface area contributed by atoms with Crippen LogP contribution in [0.3, 0.4) is 0 Å². The maximum Gasteiger partial charge on any atom is 0.331 e. The van der Waals surface area contributed by atoms with Gasteiger partial charge in [-0.2, -0.15) is 0 Å². The number of anilines is 1. The van der Waals surface area contributed by atoms with Crippen molar-refractivity contribution in [3.63, 3.8) is 0 Å². The fourth-order valence-electron chi connectivity index (χ4n) is 1.91. The van der Waals surface area contributed by atoms with Crippen LogP contribution < -0.4 is 5.32 Å². The first-order valence-corrected chi connectivity index (χ1v) is 8.36. The summed E-state index contributed by atoms with van der Waals surface area (Å²) in [5, 5.41) is 13.5. The molecule has 0 radical (unpaired) electrons. The number of ether oxygens (including phenoxy) is 1. The third-order valence-electron chi connectivity index (χ3n) is 3.04. The summed E-state index contributed by atoms with van der Waals surface area (Å²) < 4.78 is 5.66. The molecule has 0 aliphatic carbocycles. The van der Waals surface area contributed by atoms with E-state index in [1.54, 1.807) is 18.2 Å². The number of nitrogens with zero attached hydrogens (tertiary/aromatic N) is 1. The Balaban J connectivity index is 1.92. The monoisotopic (exact) mass is 438 g/mol. The minimum absolute atomic E-state index is 0.0757. The van der Waals surface area contributed by atoms with E-state index in [9.17, 15) is 19.7 Å². The van der Waals surface area contributed by atoms with Gasteiger partial charge in [-0.25, -0.2) is 4.79 Å².